The van der Waals surface area contributed by atoms with Crippen molar-refractivity contribution in [1.82, 2.24) is 9.55 Å². The summed E-state index contributed by atoms with van der Waals surface area (Å²) in [7, 11) is 1.65. The second-order valence-electron chi connectivity index (χ2n) is 1.65. The van der Waals surface area contributed by atoms with Crippen LogP contribution in [0.3, 0.4) is 0 Å². The third-order valence-electron chi connectivity index (χ3n) is 1.11. The maximum absolute atomic E-state index is 8.83. The SMILES string of the molecule is C#Cc1cnc(O)n1C. The minimum atomic E-state index is -0.0528. The molecule has 0 atom stereocenters. The van der Waals surface area contributed by atoms with Gasteiger partial charge in [0.1, 0.15) is 5.69 Å². The van der Waals surface area contributed by atoms with Crippen LogP contribution in [0.4, 0.5) is 0 Å². The van der Waals surface area contributed by atoms with Gasteiger partial charge in [-0.05, 0) is 0 Å². The van der Waals surface area contributed by atoms with Gasteiger partial charge in [0.05, 0.1) is 6.20 Å². The van der Waals surface area contributed by atoms with E-state index in [1.165, 1.54) is 10.8 Å². The smallest absolute Gasteiger partial charge is 0.294 e. The lowest BCUT2D eigenvalue weighted by atomic mass is 10.5. The highest BCUT2D eigenvalue weighted by Gasteiger charge is 1.98. The molecule has 0 radical (unpaired) electrons. The summed E-state index contributed by atoms with van der Waals surface area (Å²) in [5, 5.41) is 8.83. The van der Waals surface area contributed by atoms with Crippen LogP contribution in [0.1, 0.15) is 5.69 Å². The normalized spacial score (nSPS) is 8.89. The zero-order chi connectivity index (χ0) is 6.85. The average Bonchev–Trinajstić information content (AvgIpc) is 2.15. The lowest BCUT2D eigenvalue weighted by Gasteiger charge is -1.91. The second kappa shape index (κ2) is 1.82. The molecule has 0 fully saturated rings. The third-order valence-corrected chi connectivity index (χ3v) is 1.11. The highest BCUT2D eigenvalue weighted by molar-refractivity contribution is 5.25. The van der Waals surface area contributed by atoms with Crippen molar-refractivity contribution >= 4 is 0 Å². The van der Waals surface area contributed by atoms with Crippen LogP contribution in [0.25, 0.3) is 0 Å². The van der Waals surface area contributed by atoms with Crippen LogP contribution in [0.5, 0.6) is 6.01 Å². The van der Waals surface area contributed by atoms with Gasteiger partial charge in [-0.25, -0.2) is 4.98 Å². The Balaban J connectivity index is 3.24. The van der Waals surface area contributed by atoms with Gasteiger partial charge in [0.2, 0.25) is 0 Å². The molecule has 0 aromatic carbocycles. The summed E-state index contributed by atoms with van der Waals surface area (Å²) in [5.41, 5.74) is 0.576. The Kier molecular flexibility index (Phi) is 1.16. The molecule has 0 unspecified atom stereocenters. The Bertz CT molecular complexity index is 257. The first kappa shape index (κ1) is 5.70. The van der Waals surface area contributed by atoms with Crippen molar-refractivity contribution < 1.29 is 5.11 Å². The van der Waals surface area contributed by atoms with Gasteiger partial charge in [0.25, 0.3) is 6.01 Å². The van der Waals surface area contributed by atoms with Gasteiger partial charge in [-0.15, -0.1) is 6.42 Å². The zero-order valence-electron chi connectivity index (χ0n) is 5.00. The minimum absolute atomic E-state index is 0.0528. The number of aromatic hydroxyl groups is 1. The highest BCUT2D eigenvalue weighted by Crippen LogP contribution is 2.05. The molecule has 0 bridgehead atoms. The van der Waals surface area contributed by atoms with Crippen molar-refractivity contribution in [1.29, 1.82) is 0 Å². The topological polar surface area (TPSA) is 38.1 Å². The molecule has 1 aromatic heterocycles. The van der Waals surface area contributed by atoms with E-state index in [-0.39, 0.29) is 6.01 Å². The molecule has 0 amide bonds. The lowest BCUT2D eigenvalue weighted by molar-refractivity contribution is 0.411. The molecular formula is C6H6N2O. The van der Waals surface area contributed by atoms with Gasteiger partial charge in [0, 0.05) is 7.05 Å². The molecule has 1 aromatic rings. The standard InChI is InChI=1S/C6H6N2O/c1-3-5-4-7-6(9)8(5)2/h1,4H,2H3,(H,7,9). The molecule has 1 heterocycles. The molecule has 1 rings (SSSR count). The molecule has 0 aliphatic carbocycles. The Morgan fingerprint density at radius 1 is 1.89 bits per heavy atom. The van der Waals surface area contributed by atoms with Gasteiger partial charge < -0.3 is 5.11 Å². The first-order chi connectivity index (χ1) is 4.25. The Morgan fingerprint density at radius 2 is 2.56 bits per heavy atom. The van der Waals surface area contributed by atoms with Crippen molar-refractivity contribution in [3.63, 3.8) is 0 Å². The molecule has 1 N–H and O–H groups in total. The molecule has 0 spiro atoms. The Labute approximate surface area is 53.0 Å². The van der Waals surface area contributed by atoms with E-state index in [9.17, 15) is 0 Å². The quantitative estimate of drug-likeness (QED) is 0.496. The summed E-state index contributed by atoms with van der Waals surface area (Å²) in [6, 6.07) is -0.0528. The van der Waals surface area contributed by atoms with E-state index in [0.717, 1.165) is 0 Å². The third kappa shape index (κ3) is 0.745. The van der Waals surface area contributed by atoms with E-state index in [4.69, 9.17) is 11.5 Å². The Hall–Kier alpha value is -1.43. The minimum Gasteiger partial charge on any atom is -0.480 e. The maximum Gasteiger partial charge on any atom is 0.294 e. The largest absolute Gasteiger partial charge is 0.480 e. The van der Waals surface area contributed by atoms with E-state index in [2.05, 4.69) is 10.9 Å². The van der Waals surface area contributed by atoms with Crippen molar-refractivity contribution in [2.75, 3.05) is 0 Å². The van der Waals surface area contributed by atoms with Crippen LogP contribution in [-0.4, -0.2) is 14.7 Å². The van der Waals surface area contributed by atoms with Crippen molar-refractivity contribution in [3.05, 3.63) is 11.9 Å². The zero-order valence-corrected chi connectivity index (χ0v) is 5.00. The van der Waals surface area contributed by atoms with Crippen LogP contribution in [0.2, 0.25) is 0 Å². The predicted molar refractivity (Wildman–Crippen MR) is 32.8 cm³/mol. The van der Waals surface area contributed by atoms with Crippen molar-refractivity contribution in [3.8, 4) is 18.4 Å². The maximum atomic E-state index is 8.83. The first-order valence-corrected chi connectivity index (χ1v) is 2.43. The molecule has 0 saturated heterocycles. The van der Waals surface area contributed by atoms with E-state index < -0.39 is 0 Å². The predicted octanol–water partition coefficient (Wildman–Crippen LogP) is 0.107. The van der Waals surface area contributed by atoms with E-state index >= 15 is 0 Å². The first-order valence-electron chi connectivity index (χ1n) is 2.43. The monoisotopic (exact) mass is 122 g/mol. The summed E-state index contributed by atoms with van der Waals surface area (Å²) in [5.74, 6) is 2.36. The van der Waals surface area contributed by atoms with Crippen molar-refractivity contribution in [2.24, 2.45) is 7.05 Å². The molecule has 3 nitrogen and oxygen atoms in total. The number of hydrogen-bond donors (Lipinski definition) is 1. The highest BCUT2D eigenvalue weighted by atomic mass is 16.3. The fourth-order valence-electron chi connectivity index (χ4n) is 0.534. The number of rotatable bonds is 0. The van der Waals surface area contributed by atoms with Gasteiger partial charge in [-0.3, -0.25) is 4.57 Å². The van der Waals surface area contributed by atoms with E-state index in [1.54, 1.807) is 7.05 Å². The van der Waals surface area contributed by atoms with Crippen LogP contribution >= 0.6 is 0 Å². The molecule has 46 valence electrons. The van der Waals surface area contributed by atoms with Gasteiger partial charge >= 0.3 is 0 Å². The second-order valence-corrected chi connectivity index (χ2v) is 1.65. The van der Waals surface area contributed by atoms with Crippen LogP contribution in [0, 0.1) is 12.3 Å². The number of imidazole rings is 1. The van der Waals surface area contributed by atoms with Gasteiger partial charge in [-0.2, -0.15) is 0 Å². The summed E-state index contributed by atoms with van der Waals surface area (Å²) < 4.78 is 1.43. The van der Waals surface area contributed by atoms with Crippen LogP contribution in [0.15, 0.2) is 6.20 Å². The van der Waals surface area contributed by atoms with E-state index in [1.807, 2.05) is 0 Å². The molecule has 0 aliphatic rings. The van der Waals surface area contributed by atoms with E-state index in [0.29, 0.717) is 5.69 Å². The fourth-order valence-corrected chi connectivity index (χ4v) is 0.534. The summed E-state index contributed by atoms with van der Waals surface area (Å²) in [6.07, 6.45) is 6.48. The molecule has 0 saturated carbocycles. The molecule has 0 aliphatic heterocycles. The number of nitrogens with zero attached hydrogens (tertiary/aromatic N) is 2. The summed E-state index contributed by atoms with van der Waals surface area (Å²) in [4.78, 5) is 3.56. The lowest BCUT2D eigenvalue weighted by Crippen LogP contribution is -1.89. The Morgan fingerprint density at radius 3 is 2.78 bits per heavy atom. The number of terminal acetylenes is 1. The number of aromatic nitrogens is 2. The summed E-state index contributed by atoms with van der Waals surface area (Å²) in [6.45, 7) is 0. The van der Waals surface area contributed by atoms with Gasteiger partial charge in [0.15, 0.2) is 0 Å². The molecular weight excluding hydrogens is 116 g/mol. The fraction of sp³-hybridized carbons (Fsp3) is 0.167. The van der Waals surface area contributed by atoms with Crippen LogP contribution in [-0.2, 0) is 7.05 Å². The number of hydrogen-bond acceptors (Lipinski definition) is 2. The molecule has 9 heavy (non-hydrogen) atoms. The van der Waals surface area contributed by atoms with Crippen LogP contribution < -0.4 is 0 Å². The van der Waals surface area contributed by atoms with Gasteiger partial charge in [-0.1, -0.05) is 5.92 Å². The molecule has 3 heteroatoms. The van der Waals surface area contributed by atoms with Crippen molar-refractivity contribution in [2.45, 2.75) is 0 Å². The average molecular weight is 122 g/mol. The summed E-state index contributed by atoms with van der Waals surface area (Å²) >= 11 is 0.